The Hall–Kier alpha value is -1.97. The van der Waals surface area contributed by atoms with Crippen LogP contribution in [0, 0.1) is 5.92 Å². The molecule has 1 N–H and O–H groups in total. The molecule has 193 valence electrons. The van der Waals surface area contributed by atoms with Crippen LogP contribution in [0.3, 0.4) is 0 Å². The molecule has 4 aromatic carbocycles. The molecule has 4 aromatic rings. The second-order valence-electron chi connectivity index (χ2n) is 10.8. The van der Waals surface area contributed by atoms with Gasteiger partial charge < -0.3 is 0 Å². The molecule has 1 amide bonds. The Morgan fingerprint density at radius 3 is 1.95 bits per heavy atom. The van der Waals surface area contributed by atoms with Crippen molar-refractivity contribution < 1.29 is 20.6 Å². The van der Waals surface area contributed by atoms with E-state index in [-0.39, 0.29) is 11.8 Å². The van der Waals surface area contributed by atoms with Crippen molar-refractivity contribution in [3.8, 4) is 11.1 Å². The summed E-state index contributed by atoms with van der Waals surface area (Å²) in [5.41, 5.74) is 4.92. The molecule has 38 heavy (non-hydrogen) atoms. The zero-order valence-corrected chi connectivity index (χ0v) is 26.5. The van der Waals surface area contributed by atoms with Gasteiger partial charge in [0.25, 0.3) is 0 Å². The number of carbonyl (C=O) groups excluding carboxylic acids is 1. The Kier molecular flexibility index (Phi) is 7.29. The fourth-order valence-corrected chi connectivity index (χ4v) is 44.1. The molecule has 0 atom stereocenters. The van der Waals surface area contributed by atoms with Gasteiger partial charge in [0.2, 0.25) is 0 Å². The molecule has 2 aliphatic rings. The third kappa shape index (κ3) is 4.68. The fraction of sp³-hybridized carbons (Fsp3) is 0.219. The van der Waals surface area contributed by atoms with Crippen molar-refractivity contribution in [2.24, 2.45) is 5.92 Å². The van der Waals surface area contributed by atoms with Crippen molar-refractivity contribution in [3.63, 3.8) is 0 Å². The van der Waals surface area contributed by atoms with E-state index in [1.54, 1.807) is 0 Å². The van der Waals surface area contributed by atoms with Crippen molar-refractivity contribution in [2.45, 2.75) is 38.5 Å². The molecule has 0 radical (unpaired) electrons. The van der Waals surface area contributed by atoms with E-state index in [2.05, 4.69) is 94.3 Å². The first kappa shape index (κ1) is 26.3. The van der Waals surface area contributed by atoms with Gasteiger partial charge in [-0.1, -0.05) is 0 Å². The van der Waals surface area contributed by atoms with E-state index in [0.717, 1.165) is 35.4 Å². The molecular weight excluding hydrogens is 605 g/mol. The molecule has 0 unspecified atom stereocenters. The van der Waals surface area contributed by atoms with E-state index in [1.807, 2.05) is 12.1 Å². The predicted molar refractivity (Wildman–Crippen MR) is 160 cm³/mol. The van der Waals surface area contributed by atoms with Gasteiger partial charge in [-0.15, -0.1) is 0 Å². The van der Waals surface area contributed by atoms with Gasteiger partial charge in [0.15, 0.2) is 0 Å². The first-order valence-corrected chi connectivity index (χ1v) is 28.4. The quantitative estimate of drug-likeness (QED) is 0.227. The first-order valence-electron chi connectivity index (χ1n) is 13.7. The Balaban J connectivity index is 1.59. The average molecular weight is 637 g/mol. The van der Waals surface area contributed by atoms with Crippen LogP contribution in [0.4, 0.5) is 0 Å². The molecular formula is C32H32Cl2NOSiZr. The van der Waals surface area contributed by atoms with Gasteiger partial charge in [-0.2, -0.15) is 0 Å². The summed E-state index contributed by atoms with van der Waals surface area (Å²) in [6.07, 6.45) is 5.97. The molecule has 6 heteroatoms. The van der Waals surface area contributed by atoms with E-state index in [4.69, 9.17) is 17.0 Å². The van der Waals surface area contributed by atoms with Crippen LogP contribution in [-0.2, 0) is 27.1 Å². The normalized spacial score (nSPS) is 16.3. The SMILES string of the molecule is O=C([NH][Zr]([Cl])([Cl])([c]1cccc2c1Cc1ccccc1-2)[SiH](c1ccccc1)c1ccccc1)C1CCCCC1. The van der Waals surface area contributed by atoms with Crippen LogP contribution < -0.4 is 16.9 Å². The van der Waals surface area contributed by atoms with Crippen molar-refractivity contribution in [2.75, 3.05) is 0 Å². The van der Waals surface area contributed by atoms with Crippen molar-refractivity contribution in [1.82, 2.24) is 3.26 Å². The molecule has 0 saturated heterocycles. The number of rotatable bonds is 6. The summed E-state index contributed by atoms with van der Waals surface area (Å²) >= 11 is -5.37. The number of nitrogens with one attached hydrogen (secondary N) is 1. The Morgan fingerprint density at radius 2 is 1.29 bits per heavy atom. The summed E-state index contributed by atoms with van der Waals surface area (Å²) in [6, 6.07) is 35.9. The van der Waals surface area contributed by atoms with Gasteiger partial charge in [0, 0.05) is 0 Å². The van der Waals surface area contributed by atoms with E-state index in [1.165, 1.54) is 39.0 Å². The van der Waals surface area contributed by atoms with Gasteiger partial charge in [-0.25, -0.2) is 0 Å². The summed E-state index contributed by atoms with van der Waals surface area (Å²) in [4.78, 5) is 14.1. The predicted octanol–water partition coefficient (Wildman–Crippen LogP) is 6.03. The van der Waals surface area contributed by atoms with Gasteiger partial charge in [-0.05, 0) is 0 Å². The van der Waals surface area contributed by atoms with Gasteiger partial charge in [0.05, 0.1) is 0 Å². The van der Waals surface area contributed by atoms with Gasteiger partial charge >= 0.3 is 236 Å². The Labute approximate surface area is 234 Å². The minimum absolute atomic E-state index is 0.0238. The molecule has 0 heterocycles. The average Bonchev–Trinajstić information content (AvgIpc) is 3.33. The monoisotopic (exact) mass is 634 g/mol. The summed E-state index contributed by atoms with van der Waals surface area (Å²) in [5.74, 6) is -2.33. The summed E-state index contributed by atoms with van der Waals surface area (Å²) in [5, 5.41) is 2.35. The number of carbonyl (C=O) groups is 1. The summed E-state index contributed by atoms with van der Waals surface area (Å²) < 4.78 is 4.58. The van der Waals surface area contributed by atoms with Crippen LogP contribution in [0.25, 0.3) is 11.1 Å². The number of benzene rings is 4. The van der Waals surface area contributed by atoms with Crippen molar-refractivity contribution in [3.05, 3.63) is 114 Å². The first-order chi connectivity index (χ1) is 18.4. The second kappa shape index (κ2) is 10.5. The third-order valence-corrected chi connectivity index (χ3v) is 43.2. The van der Waals surface area contributed by atoms with Gasteiger partial charge in [0.1, 0.15) is 0 Å². The van der Waals surface area contributed by atoms with E-state index >= 15 is 0 Å². The maximum atomic E-state index is 14.1. The van der Waals surface area contributed by atoms with Crippen LogP contribution in [0.1, 0.15) is 43.2 Å². The molecule has 1 saturated carbocycles. The molecule has 0 aliphatic heterocycles. The van der Waals surface area contributed by atoms with Crippen LogP contribution in [0.5, 0.6) is 0 Å². The molecule has 0 bridgehead atoms. The summed E-state index contributed by atoms with van der Waals surface area (Å²) in [6.45, 7) is 0. The topological polar surface area (TPSA) is 29.1 Å². The van der Waals surface area contributed by atoms with Gasteiger partial charge in [-0.3, -0.25) is 0 Å². The number of halogens is 2. The number of amides is 1. The minimum atomic E-state index is -5.37. The Bertz CT molecular complexity index is 1430. The molecule has 0 spiro atoms. The number of hydrogen-bond acceptors (Lipinski definition) is 1. The number of fused-ring (bicyclic) bond motifs is 3. The molecule has 1 fully saturated rings. The fourth-order valence-electron chi connectivity index (χ4n) is 6.64. The van der Waals surface area contributed by atoms with E-state index in [9.17, 15) is 4.79 Å². The van der Waals surface area contributed by atoms with Crippen LogP contribution in [0.2, 0.25) is 0 Å². The van der Waals surface area contributed by atoms with E-state index < -0.39 is 21.8 Å². The summed E-state index contributed by atoms with van der Waals surface area (Å²) in [7, 11) is 16.4. The molecule has 6 rings (SSSR count). The Morgan fingerprint density at radius 1 is 0.711 bits per heavy atom. The second-order valence-corrected chi connectivity index (χ2v) is 46.1. The van der Waals surface area contributed by atoms with Crippen LogP contribution in [-0.4, -0.2) is 11.8 Å². The van der Waals surface area contributed by atoms with Crippen LogP contribution >= 0.6 is 17.0 Å². The molecule has 0 aromatic heterocycles. The number of hydrogen-bond donors (Lipinski definition) is 1. The zero-order chi connectivity index (χ0) is 26.2. The zero-order valence-electron chi connectivity index (χ0n) is 21.4. The van der Waals surface area contributed by atoms with E-state index in [0.29, 0.717) is 0 Å². The van der Waals surface area contributed by atoms with Crippen LogP contribution in [0.15, 0.2) is 103 Å². The molecule has 2 nitrogen and oxygen atoms in total. The standard InChI is InChI=1S/C13H9.C12H11Si.C7H13NO.2ClH.Zr/c1-3-7-12-10(5-1)9-11-6-2-4-8-13(11)12;1-3-7-11(8-4-1)13-12-9-5-2-6-10-12;8-7(9)6-4-2-1-3-5-6;;;/h1-5,7-8H,9H2;1-10,13H;6H,1-5H2,(H2,8,9);2*1H;/q;;;;;+3/p-3. The molecule has 2 aliphatic carbocycles. The maximum absolute atomic E-state index is 14.1. The van der Waals surface area contributed by atoms with Crippen molar-refractivity contribution >= 4 is 42.5 Å². The van der Waals surface area contributed by atoms with Crippen molar-refractivity contribution in [1.29, 1.82) is 0 Å². The third-order valence-electron chi connectivity index (χ3n) is 8.45.